The average molecular weight is 320 g/mol. The highest BCUT2D eigenvalue weighted by molar-refractivity contribution is 5.14. The fraction of sp³-hybridized carbons (Fsp3) is 0.684. The molecule has 1 saturated heterocycles. The van der Waals surface area contributed by atoms with Gasteiger partial charge in [0.15, 0.2) is 0 Å². The van der Waals surface area contributed by atoms with Crippen LogP contribution in [0.1, 0.15) is 38.2 Å². The van der Waals surface area contributed by atoms with Crippen molar-refractivity contribution < 1.29 is 10.2 Å². The summed E-state index contributed by atoms with van der Waals surface area (Å²) in [4.78, 5) is 4.45. The van der Waals surface area contributed by atoms with E-state index in [1.54, 1.807) is 0 Å². The van der Waals surface area contributed by atoms with E-state index in [2.05, 4.69) is 21.9 Å². The summed E-state index contributed by atoms with van der Waals surface area (Å²) in [5, 5.41) is 20.7. The molecule has 1 aliphatic heterocycles. The van der Waals surface area contributed by atoms with E-state index in [9.17, 15) is 10.2 Å². The molecular formula is C19H32N2O2. The maximum atomic E-state index is 10.5. The SMILES string of the molecule is CCC(O)C1CCCCN1CC(O)CN(C)Cc1ccccc1. The average Bonchev–Trinajstić information content (AvgIpc) is 2.55. The van der Waals surface area contributed by atoms with Gasteiger partial charge in [0.1, 0.15) is 0 Å². The maximum absolute atomic E-state index is 10.5. The van der Waals surface area contributed by atoms with Crippen LogP contribution in [-0.2, 0) is 6.54 Å². The molecule has 1 fully saturated rings. The van der Waals surface area contributed by atoms with E-state index >= 15 is 0 Å². The van der Waals surface area contributed by atoms with Crippen LogP contribution in [0.15, 0.2) is 30.3 Å². The van der Waals surface area contributed by atoms with Gasteiger partial charge >= 0.3 is 0 Å². The first-order valence-corrected chi connectivity index (χ1v) is 8.92. The number of nitrogens with zero attached hydrogens (tertiary/aromatic N) is 2. The third kappa shape index (κ3) is 5.88. The summed E-state index contributed by atoms with van der Waals surface area (Å²) in [7, 11) is 2.05. The zero-order valence-corrected chi connectivity index (χ0v) is 14.6. The second kappa shape index (κ2) is 9.38. The highest BCUT2D eigenvalue weighted by atomic mass is 16.3. The molecule has 3 unspecified atom stereocenters. The van der Waals surface area contributed by atoms with E-state index in [-0.39, 0.29) is 18.2 Å². The van der Waals surface area contributed by atoms with E-state index in [1.165, 1.54) is 18.4 Å². The van der Waals surface area contributed by atoms with Gasteiger partial charge in [0.2, 0.25) is 0 Å². The van der Waals surface area contributed by atoms with Crippen molar-refractivity contribution in [3.8, 4) is 0 Å². The lowest BCUT2D eigenvalue weighted by Crippen LogP contribution is -2.50. The standard InChI is InChI=1S/C19H32N2O2/c1-3-19(23)18-11-7-8-12-21(18)15-17(22)14-20(2)13-16-9-5-4-6-10-16/h4-6,9-10,17-19,22-23H,3,7-8,11-15H2,1-2H3. The maximum Gasteiger partial charge on any atom is 0.0793 e. The molecule has 0 saturated carbocycles. The second-order valence-corrected chi connectivity index (χ2v) is 6.87. The Balaban J connectivity index is 1.81. The van der Waals surface area contributed by atoms with Crippen molar-refractivity contribution in [1.29, 1.82) is 0 Å². The highest BCUT2D eigenvalue weighted by Crippen LogP contribution is 2.21. The molecule has 4 heteroatoms. The van der Waals surface area contributed by atoms with E-state index < -0.39 is 0 Å². The van der Waals surface area contributed by atoms with Gasteiger partial charge in [-0.1, -0.05) is 43.7 Å². The molecule has 0 spiro atoms. The van der Waals surface area contributed by atoms with Crippen molar-refractivity contribution in [2.45, 2.75) is 57.4 Å². The minimum absolute atomic E-state index is 0.211. The van der Waals surface area contributed by atoms with Crippen LogP contribution in [0.2, 0.25) is 0 Å². The fourth-order valence-corrected chi connectivity index (χ4v) is 3.60. The highest BCUT2D eigenvalue weighted by Gasteiger charge is 2.29. The van der Waals surface area contributed by atoms with Crippen molar-refractivity contribution in [3.63, 3.8) is 0 Å². The first-order valence-electron chi connectivity index (χ1n) is 8.92. The molecule has 0 radical (unpaired) electrons. The van der Waals surface area contributed by atoms with Crippen LogP contribution in [0, 0.1) is 0 Å². The number of hydrogen-bond donors (Lipinski definition) is 2. The Kier molecular flexibility index (Phi) is 7.50. The summed E-state index contributed by atoms with van der Waals surface area (Å²) in [6.07, 6.45) is 3.52. The number of rotatable bonds is 8. The first kappa shape index (κ1) is 18.4. The van der Waals surface area contributed by atoms with E-state index in [4.69, 9.17) is 0 Å². The molecule has 2 N–H and O–H groups in total. The molecule has 0 amide bonds. The number of likely N-dealkylation sites (N-methyl/N-ethyl adjacent to an activating group) is 1. The number of aliphatic hydroxyl groups excluding tert-OH is 2. The third-order valence-electron chi connectivity index (χ3n) is 4.79. The lowest BCUT2D eigenvalue weighted by molar-refractivity contribution is -0.00666. The van der Waals surface area contributed by atoms with E-state index in [0.717, 1.165) is 25.9 Å². The molecule has 1 aromatic carbocycles. The van der Waals surface area contributed by atoms with Gasteiger partial charge in [-0.2, -0.15) is 0 Å². The monoisotopic (exact) mass is 320 g/mol. The number of β-amino-alcohol motifs (C(OH)–C–C–N with tert-alkyl or cyclic N) is 1. The van der Waals surface area contributed by atoms with Gasteiger partial charge in [0.05, 0.1) is 12.2 Å². The number of piperidine rings is 1. The minimum Gasteiger partial charge on any atom is -0.392 e. The topological polar surface area (TPSA) is 46.9 Å². The number of benzene rings is 1. The van der Waals surface area contributed by atoms with Gasteiger partial charge in [0.25, 0.3) is 0 Å². The number of likely N-dealkylation sites (tertiary alicyclic amines) is 1. The second-order valence-electron chi connectivity index (χ2n) is 6.87. The van der Waals surface area contributed by atoms with Crippen LogP contribution in [0.25, 0.3) is 0 Å². The molecule has 0 aromatic heterocycles. The third-order valence-corrected chi connectivity index (χ3v) is 4.79. The predicted octanol–water partition coefficient (Wildman–Crippen LogP) is 2.10. The van der Waals surface area contributed by atoms with Gasteiger partial charge in [-0.25, -0.2) is 0 Å². The predicted molar refractivity (Wildman–Crippen MR) is 94.3 cm³/mol. The Labute approximate surface area is 140 Å². The van der Waals surface area contributed by atoms with Gasteiger partial charge in [-0.15, -0.1) is 0 Å². The molecule has 130 valence electrons. The van der Waals surface area contributed by atoms with Crippen LogP contribution >= 0.6 is 0 Å². The zero-order valence-electron chi connectivity index (χ0n) is 14.6. The molecular weight excluding hydrogens is 288 g/mol. The summed E-state index contributed by atoms with van der Waals surface area (Å²) in [6.45, 7) is 5.17. The van der Waals surface area contributed by atoms with Crippen molar-refractivity contribution in [3.05, 3.63) is 35.9 Å². The Bertz CT molecular complexity index is 440. The number of hydrogen-bond acceptors (Lipinski definition) is 4. The van der Waals surface area contributed by atoms with Gasteiger partial charge in [-0.3, -0.25) is 9.80 Å². The molecule has 0 aliphatic carbocycles. The van der Waals surface area contributed by atoms with Gasteiger partial charge < -0.3 is 10.2 Å². The van der Waals surface area contributed by atoms with Crippen LogP contribution in [0.3, 0.4) is 0 Å². The van der Waals surface area contributed by atoms with Crippen LogP contribution in [-0.4, -0.2) is 64.9 Å². The summed E-state index contributed by atoms with van der Waals surface area (Å²) >= 11 is 0. The number of aliphatic hydroxyl groups is 2. The smallest absolute Gasteiger partial charge is 0.0793 e. The largest absolute Gasteiger partial charge is 0.392 e. The minimum atomic E-state index is -0.381. The molecule has 1 heterocycles. The zero-order chi connectivity index (χ0) is 16.7. The Morgan fingerprint density at radius 2 is 1.96 bits per heavy atom. The lowest BCUT2D eigenvalue weighted by Gasteiger charge is -2.39. The van der Waals surface area contributed by atoms with Crippen molar-refractivity contribution in [2.24, 2.45) is 0 Å². The van der Waals surface area contributed by atoms with Gasteiger partial charge in [0, 0.05) is 25.7 Å². The normalized spacial score (nSPS) is 22.2. The Morgan fingerprint density at radius 3 is 2.65 bits per heavy atom. The molecule has 4 nitrogen and oxygen atoms in total. The summed E-state index contributed by atoms with van der Waals surface area (Å²) < 4.78 is 0. The first-order chi connectivity index (χ1) is 11.1. The molecule has 1 aromatic rings. The summed E-state index contributed by atoms with van der Waals surface area (Å²) in [6, 6.07) is 10.5. The van der Waals surface area contributed by atoms with Crippen molar-refractivity contribution in [1.82, 2.24) is 9.80 Å². The fourth-order valence-electron chi connectivity index (χ4n) is 3.60. The van der Waals surface area contributed by atoms with Crippen LogP contribution < -0.4 is 0 Å². The summed E-state index contributed by atoms with van der Waals surface area (Å²) in [5.41, 5.74) is 1.26. The molecule has 1 aliphatic rings. The molecule has 0 bridgehead atoms. The Hall–Kier alpha value is -0.940. The summed E-state index contributed by atoms with van der Waals surface area (Å²) in [5.74, 6) is 0. The van der Waals surface area contributed by atoms with Crippen LogP contribution in [0.4, 0.5) is 0 Å². The van der Waals surface area contributed by atoms with Crippen molar-refractivity contribution in [2.75, 3.05) is 26.7 Å². The molecule has 3 atom stereocenters. The van der Waals surface area contributed by atoms with E-state index in [1.807, 2.05) is 32.2 Å². The quantitative estimate of drug-likeness (QED) is 0.770. The van der Waals surface area contributed by atoms with Gasteiger partial charge in [-0.05, 0) is 38.4 Å². The Morgan fingerprint density at radius 1 is 1.22 bits per heavy atom. The van der Waals surface area contributed by atoms with E-state index in [0.29, 0.717) is 13.1 Å². The lowest BCUT2D eigenvalue weighted by atomic mass is 9.95. The van der Waals surface area contributed by atoms with Crippen molar-refractivity contribution >= 4 is 0 Å². The molecule has 23 heavy (non-hydrogen) atoms. The molecule has 2 rings (SSSR count). The van der Waals surface area contributed by atoms with Crippen LogP contribution in [0.5, 0.6) is 0 Å².